The normalized spacial score (nSPS) is 22.5. The summed E-state index contributed by atoms with van der Waals surface area (Å²) in [5.74, 6) is 1.32. The minimum Gasteiger partial charge on any atom is -0.488 e. The van der Waals surface area contributed by atoms with E-state index in [1.54, 1.807) is 0 Å². The Morgan fingerprint density at radius 2 is 1.90 bits per heavy atom. The van der Waals surface area contributed by atoms with Crippen molar-refractivity contribution in [3.8, 4) is 23.1 Å². The van der Waals surface area contributed by atoms with Crippen molar-refractivity contribution in [2.75, 3.05) is 17.6 Å². The van der Waals surface area contributed by atoms with E-state index in [4.69, 9.17) is 15.2 Å². The van der Waals surface area contributed by atoms with Crippen LogP contribution >= 0.6 is 0 Å². The molecule has 9 nitrogen and oxygen atoms in total. The first-order valence-corrected chi connectivity index (χ1v) is 14.0. The van der Waals surface area contributed by atoms with E-state index in [9.17, 15) is 10.1 Å². The fraction of sp³-hybridized carbons (Fsp3) is 0.600. The molecule has 0 bridgehead atoms. The molecule has 5 rings (SSSR count). The number of hydrogen-bond acceptors (Lipinski definition) is 8. The first kappa shape index (κ1) is 27.0. The lowest BCUT2D eigenvalue weighted by atomic mass is 9.71. The number of nitriles is 1. The molecule has 9 heteroatoms. The lowest BCUT2D eigenvalue weighted by Gasteiger charge is -2.36. The fourth-order valence-electron chi connectivity index (χ4n) is 5.84. The lowest BCUT2D eigenvalue weighted by Crippen LogP contribution is -2.42. The SMILES string of the molecule is CC(C)(C)OC(=O)NC1CCC(Oc2ccc3c(c2NCC2(C#N)CC2)CC(C)(C)c2c(N)ncnc2-3)CC1. The van der Waals surface area contributed by atoms with Gasteiger partial charge in [-0.15, -0.1) is 0 Å². The number of carbonyl (C=O) groups is 1. The maximum Gasteiger partial charge on any atom is 0.407 e. The van der Waals surface area contributed by atoms with Crippen LogP contribution < -0.4 is 21.1 Å². The molecule has 4 N–H and O–H groups in total. The van der Waals surface area contributed by atoms with E-state index in [1.165, 1.54) is 6.33 Å². The molecule has 3 aliphatic rings. The predicted octanol–water partition coefficient (Wildman–Crippen LogP) is 5.49. The summed E-state index contributed by atoms with van der Waals surface area (Å²) in [6.07, 6.45) is 7.07. The molecule has 208 valence electrons. The zero-order chi connectivity index (χ0) is 28.0. The number of benzene rings is 1. The number of alkyl carbamates (subject to hydrolysis) is 1. The number of hydrogen-bond donors (Lipinski definition) is 3. The first-order chi connectivity index (χ1) is 18.4. The van der Waals surface area contributed by atoms with Crippen molar-refractivity contribution in [3.05, 3.63) is 29.6 Å². The Bertz CT molecular complexity index is 1300. The number of anilines is 2. The largest absolute Gasteiger partial charge is 0.488 e. The molecule has 2 fully saturated rings. The number of rotatable bonds is 6. The van der Waals surface area contributed by atoms with Gasteiger partial charge in [0.1, 0.15) is 23.5 Å². The van der Waals surface area contributed by atoms with Crippen LogP contribution in [-0.4, -0.2) is 40.4 Å². The number of carbonyl (C=O) groups excluding carboxylic acids is 1. The van der Waals surface area contributed by atoms with E-state index in [1.807, 2.05) is 26.8 Å². The Hall–Kier alpha value is -3.54. The Morgan fingerprint density at radius 3 is 2.54 bits per heavy atom. The predicted molar refractivity (Wildman–Crippen MR) is 150 cm³/mol. The zero-order valence-electron chi connectivity index (χ0n) is 23.7. The highest BCUT2D eigenvalue weighted by Gasteiger charge is 2.44. The molecule has 1 aromatic heterocycles. The topological polar surface area (TPSA) is 135 Å². The highest BCUT2D eigenvalue weighted by Crippen LogP contribution is 2.50. The molecule has 0 unspecified atom stereocenters. The molecule has 3 aliphatic carbocycles. The van der Waals surface area contributed by atoms with Gasteiger partial charge in [0.15, 0.2) is 0 Å². The van der Waals surface area contributed by atoms with Crippen LogP contribution in [0.2, 0.25) is 0 Å². The van der Waals surface area contributed by atoms with E-state index in [-0.39, 0.29) is 29.1 Å². The number of fused-ring (bicyclic) bond motifs is 3. The molecule has 0 aliphatic heterocycles. The van der Waals surface area contributed by atoms with Crippen LogP contribution in [0.3, 0.4) is 0 Å². The Labute approximate surface area is 230 Å². The second kappa shape index (κ2) is 9.89. The van der Waals surface area contributed by atoms with Gasteiger partial charge in [-0.2, -0.15) is 5.26 Å². The average molecular weight is 533 g/mol. The molecule has 2 aromatic rings. The van der Waals surface area contributed by atoms with Crippen molar-refractivity contribution in [2.24, 2.45) is 5.41 Å². The van der Waals surface area contributed by atoms with Crippen LogP contribution in [0.4, 0.5) is 16.3 Å². The van der Waals surface area contributed by atoms with Crippen molar-refractivity contribution in [1.82, 2.24) is 15.3 Å². The Morgan fingerprint density at radius 1 is 1.18 bits per heavy atom. The molecule has 0 radical (unpaired) electrons. The standard InChI is InChI=1S/C30H40N6O3/c1-28(2,3)39-27(37)36-18-6-8-19(9-7-18)38-22-11-10-20-21(24(22)33-16-30(15-31)12-13-30)14-29(4,5)23-25(20)34-17-35-26(23)32/h10-11,17-19,33H,6-9,12-14,16H2,1-5H3,(H,36,37)(H2,32,34,35). The summed E-state index contributed by atoms with van der Waals surface area (Å²) in [6, 6.07) is 6.65. The van der Waals surface area contributed by atoms with Crippen LogP contribution in [-0.2, 0) is 16.6 Å². The van der Waals surface area contributed by atoms with Gasteiger partial charge in [-0.25, -0.2) is 14.8 Å². The van der Waals surface area contributed by atoms with Crippen LogP contribution in [0.25, 0.3) is 11.3 Å². The minimum absolute atomic E-state index is 0.0352. The molecular formula is C30H40N6O3. The van der Waals surface area contributed by atoms with E-state index in [2.05, 4.69) is 46.6 Å². The number of nitrogens with two attached hydrogens (primary N) is 1. The summed E-state index contributed by atoms with van der Waals surface area (Å²) >= 11 is 0. The van der Waals surface area contributed by atoms with Gasteiger partial charge in [0.25, 0.3) is 0 Å². The van der Waals surface area contributed by atoms with E-state index >= 15 is 0 Å². The number of nitrogens with one attached hydrogen (secondary N) is 2. The molecule has 1 amide bonds. The van der Waals surface area contributed by atoms with Gasteiger partial charge in [-0.1, -0.05) is 13.8 Å². The summed E-state index contributed by atoms with van der Waals surface area (Å²) < 4.78 is 12.1. The highest BCUT2D eigenvalue weighted by atomic mass is 16.6. The molecule has 39 heavy (non-hydrogen) atoms. The minimum atomic E-state index is -0.516. The molecule has 0 saturated heterocycles. The number of nitrogens with zero attached hydrogens (tertiary/aromatic N) is 3. The van der Waals surface area contributed by atoms with Crippen molar-refractivity contribution < 1.29 is 14.3 Å². The number of amides is 1. The highest BCUT2D eigenvalue weighted by molar-refractivity contribution is 5.82. The third-order valence-electron chi connectivity index (χ3n) is 8.08. The summed E-state index contributed by atoms with van der Waals surface area (Å²) in [5, 5.41) is 16.3. The van der Waals surface area contributed by atoms with Gasteiger partial charge in [0.05, 0.1) is 29.0 Å². The van der Waals surface area contributed by atoms with Gasteiger partial charge < -0.3 is 25.8 Å². The zero-order valence-corrected chi connectivity index (χ0v) is 23.7. The maximum absolute atomic E-state index is 12.2. The second-order valence-electron chi connectivity index (χ2n) is 13.0. The molecule has 0 atom stereocenters. The number of ether oxygens (including phenoxy) is 2. The van der Waals surface area contributed by atoms with Crippen molar-refractivity contribution >= 4 is 17.6 Å². The average Bonchev–Trinajstić information content (AvgIpc) is 3.63. The van der Waals surface area contributed by atoms with Crippen LogP contribution in [0.5, 0.6) is 5.75 Å². The second-order valence-corrected chi connectivity index (χ2v) is 13.0. The van der Waals surface area contributed by atoms with Gasteiger partial charge in [0.2, 0.25) is 0 Å². The van der Waals surface area contributed by atoms with Gasteiger partial charge in [-0.05, 0) is 88.8 Å². The third-order valence-corrected chi connectivity index (χ3v) is 8.08. The summed E-state index contributed by atoms with van der Waals surface area (Å²) in [6.45, 7) is 10.5. The van der Waals surface area contributed by atoms with Crippen LogP contribution in [0.1, 0.15) is 84.3 Å². The van der Waals surface area contributed by atoms with Gasteiger partial charge in [0, 0.05) is 23.7 Å². The fourth-order valence-corrected chi connectivity index (χ4v) is 5.84. The van der Waals surface area contributed by atoms with Crippen LogP contribution in [0.15, 0.2) is 18.5 Å². The van der Waals surface area contributed by atoms with Crippen LogP contribution in [0, 0.1) is 16.7 Å². The number of aromatic nitrogens is 2. The maximum atomic E-state index is 12.2. The van der Waals surface area contributed by atoms with Gasteiger partial charge in [-0.3, -0.25) is 0 Å². The summed E-state index contributed by atoms with van der Waals surface area (Å²) in [5.41, 5.74) is 10.2. The Balaban J connectivity index is 1.38. The number of nitrogen functional groups attached to an aromatic ring is 1. The smallest absolute Gasteiger partial charge is 0.407 e. The molecule has 1 aromatic carbocycles. The quantitative estimate of drug-likeness (QED) is 0.444. The van der Waals surface area contributed by atoms with E-state index in [0.717, 1.165) is 78.8 Å². The monoisotopic (exact) mass is 532 g/mol. The third kappa shape index (κ3) is 5.75. The lowest BCUT2D eigenvalue weighted by molar-refractivity contribution is 0.0471. The van der Waals surface area contributed by atoms with Gasteiger partial charge >= 0.3 is 6.09 Å². The summed E-state index contributed by atoms with van der Waals surface area (Å²) in [4.78, 5) is 21.1. The van der Waals surface area contributed by atoms with Crippen molar-refractivity contribution in [2.45, 2.75) is 103 Å². The first-order valence-electron chi connectivity index (χ1n) is 14.0. The van der Waals surface area contributed by atoms with E-state index < -0.39 is 5.60 Å². The molecule has 1 heterocycles. The van der Waals surface area contributed by atoms with Crippen molar-refractivity contribution in [1.29, 1.82) is 5.26 Å². The molecule has 2 saturated carbocycles. The summed E-state index contributed by atoms with van der Waals surface area (Å²) in [7, 11) is 0. The molecular weight excluding hydrogens is 492 g/mol. The van der Waals surface area contributed by atoms with Crippen molar-refractivity contribution in [3.63, 3.8) is 0 Å². The molecule has 0 spiro atoms. The Kier molecular flexibility index (Phi) is 6.86. The van der Waals surface area contributed by atoms with E-state index in [0.29, 0.717) is 12.4 Å².